The lowest BCUT2D eigenvalue weighted by molar-refractivity contribution is -0.0595. The van der Waals surface area contributed by atoms with Gasteiger partial charge in [-0.3, -0.25) is 0 Å². The van der Waals surface area contributed by atoms with Crippen LogP contribution in [0.1, 0.15) is 80.1 Å². The predicted octanol–water partition coefficient (Wildman–Crippen LogP) is 6.32. The minimum Gasteiger partial charge on any atom is -0.393 e. The SMILES string of the molecule is CCC(O)CC=CC=CC(=C(CO)CCC=C(C)C)C(O)OCC=C(C)CCC=C(C)C. The lowest BCUT2D eigenvalue weighted by Crippen LogP contribution is -2.17. The number of aliphatic hydroxyl groups excluding tert-OH is 3. The quantitative estimate of drug-likeness (QED) is 0.147. The van der Waals surface area contributed by atoms with Crippen LogP contribution in [-0.2, 0) is 4.74 Å². The average molecular weight is 447 g/mol. The van der Waals surface area contributed by atoms with E-state index in [1.54, 1.807) is 6.08 Å². The molecule has 0 aromatic carbocycles. The van der Waals surface area contributed by atoms with Crippen molar-refractivity contribution in [3.8, 4) is 0 Å². The van der Waals surface area contributed by atoms with E-state index in [9.17, 15) is 15.3 Å². The molecule has 182 valence electrons. The fourth-order valence-electron chi connectivity index (χ4n) is 2.93. The van der Waals surface area contributed by atoms with Crippen LogP contribution in [0.5, 0.6) is 0 Å². The molecule has 0 amide bonds. The maximum atomic E-state index is 10.7. The molecule has 0 saturated carbocycles. The summed E-state index contributed by atoms with van der Waals surface area (Å²) in [6.07, 6.45) is 16.9. The average Bonchev–Trinajstić information content (AvgIpc) is 2.73. The zero-order chi connectivity index (χ0) is 24.4. The number of ether oxygens (including phenoxy) is 1. The third-order valence-corrected chi connectivity index (χ3v) is 5.04. The summed E-state index contributed by atoms with van der Waals surface area (Å²) >= 11 is 0. The number of aliphatic hydroxyl groups is 3. The van der Waals surface area contributed by atoms with E-state index in [4.69, 9.17) is 4.74 Å². The summed E-state index contributed by atoms with van der Waals surface area (Å²) in [5, 5.41) is 30.3. The molecule has 2 atom stereocenters. The molecule has 0 fully saturated rings. The predicted molar refractivity (Wildman–Crippen MR) is 136 cm³/mol. The lowest BCUT2D eigenvalue weighted by Gasteiger charge is -2.17. The smallest absolute Gasteiger partial charge is 0.181 e. The Labute approximate surface area is 196 Å². The Hall–Kier alpha value is -1.72. The van der Waals surface area contributed by atoms with E-state index >= 15 is 0 Å². The molecule has 0 heterocycles. The second kappa shape index (κ2) is 18.8. The molecule has 0 aromatic rings. The Morgan fingerprint density at radius 2 is 1.50 bits per heavy atom. The molecule has 0 radical (unpaired) electrons. The van der Waals surface area contributed by atoms with Crippen LogP contribution in [0.3, 0.4) is 0 Å². The first-order valence-corrected chi connectivity index (χ1v) is 11.8. The second-order valence-electron chi connectivity index (χ2n) is 8.68. The standard InChI is InChI=1S/C28H46O4/c1-7-26(30)17-9-8-10-18-27(25(21-29)16-12-14-23(4)5)28(31)32-20-19-24(6)15-11-13-22(2)3/h8-10,13-14,18-19,26,28-31H,7,11-12,15-17,20-21H2,1-6H3. The molecule has 0 aliphatic rings. The molecule has 0 spiro atoms. The van der Waals surface area contributed by atoms with Gasteiger partial charge in [-0.05, 0) is 78.7 Å². The first kappa shape index (κ1) is 30.3. The number of allylic oxidation sites excluding steroid dienone is 7. The van der Waals surface area contributed by atoms with Gasteiger partial charge in [0.2, 0.25) is 0 Å². The Kier molecular flexibility index (Phi) is 17.8. The second-order valence-corrected chi connectivity index (χ2v) is 8.68. The minimum atomic E-state index is -1.11. The van der Waals surface area contributed by atoms with Crippen LogP contribution < -0.4 is 0 Å². The molecule has 32 heavy (non-hydrogen) atoms. The molecular weight excluding hydrogens is 400 g/mol. The first-order valence-electron chi connectivity index (χ1n) is 11.8. The van der Waals surface area contributed by atoms with Crippen LogP contribution in [0.25, 0.3) is 0 Å². The van der Waals surface area contributed by atoms with E-state index in [1.807, 2.05) is 45.1 Å². The Bertz CT molecular complexity index is 684. The van der Waals surface area contributed by atoms with Crippen molar-refractivity contribution in [1.29, 1.82) is 0 Å². The highest BCUT2D eigenvalue weighted by molar-refractivity contribution is 5.31. The van der Waals surface area contributed by atoms with E-state index in [0.717, 1.165) is 24.8 Å². The molecule has 0 saturated heterocycles. The van der Waals surface area contributed by atoms with Crippen LogP contribution in [0.2, 0.25) is 0 Å². The van der Waals surface area contributed by atoms with Gasteiger partial charge >= 0.3 is 0 Å². The van der Waals surface area contributed by atoms with Gasteiger partial charge in [0.05, 0.1) is 19.3 Å². The first-order chi connectivity index (χ1) is 15.2. The van der Waals surface area contributed by atoms with E-state index in [0.29, 0.717) is 31.4 Å². The molecule has 2 unspecified atom stereocenters. The van der Waals surface area contributed by atoms with Gasteiger partial charge in [0.15, 0.2) is 6.29 Å². The highest BCUT2D eigenvalue weighted by Gasteiger charge is 2.13. The van der Waals surface area contributed by atoms with Gasteiger partial charge in [-0.2, -0.15) is 0 Å². The fraction of sp³-hybridized carbons (Fsp3) is 0.571. The maximum Gasteiger partial charge on any atom is 0.181 e. The van der Waals surface area contributed by atoms with Crippen molar-refractivity contribution >= 4 is 0 Å². The summed E-state index contributed by atoms with van der Waals surface area (Å²) in [5.41, 5.74) is 5.11. The van der Waals surface area contributed by atoms with Crippen LogP contribution in [0, 0.1) is 0 Å². The molecule has 0 aliphatic heterocycles. The van der Waals surface area contributed by atoms with Gasteiger partial charge in [0.25, 0.3) is 0 Å². The summed E-state index contributed by atoms with van der Waals surface area (Å²) in [4.78, 5) is 0. The fourth-order valence-corrected chi connectivity index (χ4v) is 2.93. The van der Waals surface area contributed by atoms with Crippen LogP contribution in [0.4, 0.5) is 0 Å². The van der Waals surface area contributed by atoms with Crippen LogP contribution in [0.15, 0.2) is 70.4 Å². The topological polar surface area (TPSA) is 69.9 Å². The van der Waals surface area contributed by atoms with Crippen LogP contribution >= 0.6 is 0 Å². The lowest BCUT2D eigenvalue weighted by atomic mass is 10.0. The molecule has 0 rings (SSSR count). The van der Waals surface area contributed by atoms with Crippen molar-refractivity contribution in [3.05, 3.63) is 70.4 Å². The number of hydrogen-bond acceptors (Lipinski definition) is 4. The largest absolute Gasteiger partial charge is 0.393 e. The van der Waals surface area contributed by atoms with Crippen molar-refractivity contribution in [2.75, 3.05) is 13.2 Å². The van der Waals surface area contributed by atoms with E-state index in [1.165, 1.54) is 16.7 Å². The Balaban J connectivity index is 5.27. The van der Waals surface area contributed by atoms with Crippen molar-refractivity contribution < 1.29 is 20.1 Å². The molecule has 0 aromatic heterocycles. The number of rotatable bonds is 16. The third kappa shape index (κ3) is 16.0. The summed E-state index contributed by atoms with van der Waals surface area (Å²) in [6, 6.07) is 0. The van der Waals surface area contributed by atoms with Gasteiger partial charge < -0.3 is 20.1 Å². The summed E-state index contributed by atoms with van der Waals surface area (Å²) in [7, 11) is 0. The van der Waals surface area contributed by atoms with E-state index < -0.39 is 6.29 Å². The zero-order valence-electron chi connectivity index (χ0n) is 21.1. The van der Waals surface area contributed by atoms with Gasteiger partial charge in [0, 0.05) is 5.57 Å². The van der Waals surface area contributed by atoms with Crippen LogP contribution in [-0.4, -0.2) is 40.9 Å². The van der Waals surface area contributed by atoms with Gasteiger partial charge in [-0.25, -0.2) is 0 Å². The van der Waals surface area contributed by atoms with Crippen molar-refractivity contribution in [2.24, 2.45) is 0 Å². The monoisotopic (exact) mass is 446 g/mol. The molecular formula is C28H46O4. The highest BCUT2D eigenvalue weighted by Crippen LogP contribution is 2.19. The van der Waals surface area contributed by atoms with E-state index in [-0.39, 0.29) is 12.7 Å². The molecule has 0 aliphatic carbocycles. The van der Waals surface area contributed by atoms with Gasteiger partial charge in [-0.1, -0.05) is 66.2 Å². The normalized spacial score (nSPS) is 15.1. The molecule has 4 heteroatoms. The highest BCUT2D eigenvalue weighted by atomic mass is 16.6. The molecule has 0 bridgehead atoms. The minimum absolute atomic E-state index is 0.132. The summed E-state index contributed by atoms with van der Waals surface area (Å²) in [6.45, 7) is 12.5. The van der Waals surface area contributed by atoms with Crippen molar-refractivity contribution in [3.63, 3.8) is 0 Å². The summed E-state index contributed by atoms with van der Waals surface area (Å²) in [5.74, 6) is 0. The Morgan fingerprint density at radius 1 is 0.875 bits per heavy atom. The third-order valence-electron chi connectivity index (χ3n) is 5.04. The molecule has 4 nitrogen and oxygen atoms in total. The maximum absolute atomic E-state index is 10.7. The summed E-state index contributed by atoms with van der Waals surface area (Å²) < 4.78 is 5.69. The zero-order valence-corrected chi connectivity index (χ0v) is 21.1. The number of hydrogen-bond donors (Lipinski definition) is 3. The van der Waals surface area contributed by atoms with Crippen molar-refractivity contribution in [1.82, 2.24) is 0 Å². The molecule has 3 N–H and O–H groups in total. The Morgan fingerprint density at radius 3 is 2.06 bits per heavy atom. The van der Waals surface area contributed by atoms with Crippen molar-refractivity contribution in [2.45, 2.75) is 92.5 Å². The van der Waals surface area contributed by atoms with E-state index in [2.05, 4.69) is 32.9 Å². The van der Waals surface area contributed by atoms with Gasteiger partial charge in [0.1, 0.15) is 0 Å². The van der Waals surface area contributed by atoms with Gasteiger partial charge in [-0.15, -0.1) is 0 Å².